The van der Waals surface area contributed by atoms with Crippen molar-refractivity contribution in [3.05, 3.63) is 69.9 Å². The number of Topliss-reactive ketones (excluding diaryl/α,β-unsaturated/α-hetero) is 1. The molecule has 0 spiro atoms. The zero-order valence-electron chi connectivity index (χ0n) is 13.3. The summed E-state index contributed by atoms with van der Waals surface area (Å²) in [5, 5.41) is 11.5. The first-order valence-electron chi connectivity index (χ1n) is 7.50. The van der Waals surface area contributed by atoms with E-state index in [0.717, 1.165) is 16.6 Å². The van der Waals surface area contributed by atoms with E-state index in [1.165, 1.54) is 24.3 Å². The second-order valence-electron chi connectivity index (χ2n) is 5.55. The fourth-order valence-corrected chi connectivity index (χ4v) is 2.70. The summed E-state index contributed by atoms with van der Waals surface area (Å²) in [5.41, 5.74) is 2.29. The molecule has 0 bridgehead atoms. The standard InChI is InChI=1S/C18H16N2O4/c1-11-17(15-5-3-4-6-16(15)19-11)18(21)12(2)24-14-9-7-13(8-10-14)20(22)23/h3-10,12,19H,1-2H3. The van der Waals surface area contributed by atoms with Gasteiger partial charge in [-0.1, -0.05) is 18.2 Å². The molecule has 122 valence electrons. The average molecular weight is 324 g/mol. The summed E-state index contributed by atoms with van der Waals surface area (Å²) in [4.78, 5) is 26.2. The minimum atomic E-state index is -0.704. The number of non-ortho nitro benzene ring substituents is 1. The summed E-state index contributed by atoms with van der Waals surface area (Å²) < 4.78 is 5.65. The number of fused-ring (bicyclic) bond motifs is 1. The molecule has 2 aromatic carbocycles. The summed E-state index contributed by atoms with van der Waals surface area (Å²) >= 11 is 0. The van der Waals surface area contributed by atoms with Crippen molar-refractivity contribution in [2.75, 3.05) is 0 Å². The van der Waals surface area contributed by atoms with Gasteiger partial charge in [0.1, 0.15) is 5.75 Å². The number of carbonyl (C=O) groups excluding carboxylic acids is 1. The zero-order chi connectivity index (χ0) is 17.3. The van der Waals surface area contributed by atoms with E-state index in [1.54, 1.807) is 6.92 Å². The third-order valence-corrected chi connectivity index (χ3v) is 3.87. The number of nitrogens with one attached hydrogen (secondary N) is 1. The molecule has 1 N–H and O–H groups in total. The molecule has 0 aliphatic carbocycles. The topological polar surface area (TPSA) is 85.2 Å². The highest BCUT2D eigenvalue weighted by atomic mass is 16.6. The molecule has 0 aliphatic heterocycles. The first kappa shape index (κ1) is 15.7. The molecule has 1 unspecified atom stereocenters. The van der Waals surface area contributed by atoms with Crippen LogP contribution in [0.3, 0.4) is 0 Å². The van der Waals surface area contributed by atoms with E-state index >= 15 is 0 Å². The van der Waals surface area contributed by atoms with Gasteiger partial charge in [-0.3, -0.25) is 14.9 Å². The highest BCUT2D eigenvalue weighted by molar-refractivity contribution is 6.11. The largest absolute Gasteiger partial charge is 0.483 e. The number of carbonyl (C=O) groups is 1. The molecule has 3 aromatic rings. The summed E-state index contributed by atoms with van der Waals surface area (Å²) in [5.74, 6) is 0.280. The van der Waals surface area contributed by atoms with Gasteiger partial charge in [-0.2, -0.15) is 0 Å². The maximum absolute atomic E-state index is 12.8. The molecular weight excluding hydrogens is 308 g/mol. The number of hydrogen-bond acceptors (Lipinski definition) is 4. The highest BCUT2D eigenvalue weighted by Crippen LogP contribution is 2.25. The van der Waals surface area contributed by atoms with E-state index in [4.69, 9.17) is 4.74 Å². The Morgan fingerprint density at radius 3 is 2.50 bits per heavy atom. The fraction of sp³-hybridized carbons (Fsp3) is 0.167. The summed E-state index contributed by atoms with van der Waals surface area (Å²) in [6.45, 7) is 3.52. The number of aromatic amines is 1. The van der Waals surface area contributed by atoms with Gasteiger partial charge in [-0.15, -0.1) is 0 Å². The molecule has 1 aromatic heterocycles. The third kappa shape index (κ3) is 2.86. The minimum absolute atomic E-state index is 0.0196. The normalized spacial score (nSPS) is 12.1. The summed E-state index contributed by atoms with van der Waals surface area (Å²) in [6, 6.07) is 13.3. The van der Waals surface area contributed by atoms with Gasteiger partial charge in [0.05, 0.1) is 4.92 Å². The lowest BCUT2D eigenvalue weighted by Gasteiger charge is -2.13. The molecule has 0 saturated heterocycles. The molecule has 0 radical (unpaired) electrons. The van der Waals surface area contributed by atoms with Crippen molar-refractivity contribution >= 4 is 22.4 Å². The van der Waals surface area contributed by atoms with Crippen LogP contribution in [-0.4, -0.2) is 21.8 Å². The Kier molecular flexibility index (Phi) is 4.04. The quantitative estimate of drug-likeness (QED) is 0.436. The van der Waals surface area contributed by atoms with Crippen LogP contribution < -0.4 is 4.74 Å². The van der Waals surface area contributed by atoms with Crippen molar-refractivity contribution in [3.63, 3.8) is 0 Å². The molecule has 0 saturated carbocycles. The van der Waals surface area contributed by atoms with Crippen LogP contribution in [0.1, 0.15) is 23.0 Å². The number of para-hydroxylation sites is 1. The van der Waals surface area contributed by atoms with Gasteiger partial charge in [0, 0.05) is 34.3 Å². The Labute approximate surface area is 138 Å². The van der Waals surface area contributed by atoms with E-state index in [2.05, 4.69) is 4.98 Å². The van der Waals surface area contributed by atoms with Crippen LogP contribution in [0.15, 0.2) is 48.5 Å². The van der Waals surface area contributed by atoms with Gasteiger partial charge in [0.25, 0.3) is 5.69 Å². The van der Waals surface area contributed by atoms with Crippen LogP contribution in [-0.2, 0) is 0 Å². The second-order valence-corrected chi connectivity index (χ2v) is 5.55. The SMILES string of the molecule is Cc1[nH]c2ccccc2c1C(=O)C(C)Oc1ccc([N+](=O)[O-])cc1. The number of nitro groups is 1. The molecule has 1 heterocycles. The number of aryl methyl sites for hydroxylation is 1. The lowest BCUT2D eigenvalue weighted by molar-refractivity contribution is -0.384. The van der Waals surface area contributed by atoms with E-state index < -0.39 is 11.0 Å². The van der Waals surface area contributed by atoms with Gasteiger partial charge < -0.3 is 9.72 Å². The molecule has 0 amide bonds. The van der Waals surface area contributed by atoms with Crippen LogP contribution >= 0.6 is 0 Å². The molecule has 1 atom stereocenters. The number of H-pyrrole nitrogens is 1. The fourth-order valence-electron chi connectivity index (χ4n) is 2.70. The third-order valence-electron chi connectivity index (χ3n) is 3.87. The van der Waals surface area contributed by atoms with Crippen molar-refractivity contribution in [2.24, 2.45) is 0 Å². The molecule has 0 fully saturated rings. The number of ketones is 1. The monoisotopic (exact) mass is 324 g/mol. The first-order chi connectivity index (χ1) is 11.5. The highest BCUT2D eigenvalue weighted by Gasteiger charge is 2.23. The smallest absolute Gasteiger partial charge is 0.269 e. The van der Waals surface area contributed by atoms with Gasteiger partial charge in [0.15, 0.2) is 6.10 Å². The number of hydrogen-bond donors (Lipinski definition) is 1. The average Bonchev–Trinajstić information content (AvgIpc) is 2.90. The van der Waals surface area contributed by atoms with Crippen LogP contribution in [0.25, 0.3) is 10.9 Å². The molecule has 24 heavy (non-hydrogen) atoms. The Hall–Kier alpha value is -3.15. The molecule has 3 rings (SSSR count). The van der Waals surface area contributed by atoms with Gasteiger partial charge in [0.2, 0.25) is 5.78 Å². The maximum Gasteiger partial charge on any atom is 0.269 e. The molecule has 6 heteroatoms. The molecule has 0 aliphatic rings. The predicted molar refractivity (Wildman–Crippen MR) is 90.6 cm³/mol. The van der Waals surface area contributed by atoms with Crippen LogP contribution in [0.5, 0.6) is 5.75 Å². The lowest BCUT2D eigenvalue weighted by Crippen LogP contribution is -2.24. The first-order valence-corrected chi connectivity index (χ1v) is 7.50. The van der Waals surface area contributed by atoms with Crippen molar-refractivity contribution in [3.8, 4) is 5.75 Å². The Morgan fingerprint density at radius 2 is 1.83 bits per heavy atom. The van der Waals surface area contributed by atoms with Crippen LogP contribution in [0.4, 0.5) is 5.69 Å². The number of rotatable bonds is 5. The van der Waals surface area contributed by atoms with E-state index in [1.807, 2.05) is 31.2 Å². The number of benzene rings is 2. The van der Waals surface area contributed by atoms with Gasteiger partial charge in [-0.25, -0.2) is 0 Å². The predicted octanol–water partition coefficient (Wildman–Crippen LogP) is 4.03. The molecular formula is C18H16N2O4. The Bertz CT molecular complexity index is 912. The van der Waals surface area contributed by atoms with Crippen LogP contribution in [0.2, 0.25) is 0 Å². The van der Waals surface area contributed by atoms with E-state index in [0.29, 0.717) is 11.3 Å². The van der Waals surface area contributed by atoms with Crippen molar-refractivity contribution in [2.45, 2.75) is 20.0 Å². The second kappa shape index (κ2) is 6.16. The van der Waals surface area contributed by atoms with Gasteiger partial charge in [-0.05, 0) is 32.0 Å². The van der Waals surface area contributed by atoms with Crippen molar-refractivity contribution in [1.82, 2.24) is 4.98 Å². The lowest BCUT2D eigenvalue weighted by atomic mass is 10.0. The summed E-state index contributed by atoms with van der Waals surface area (Å²) in [6.07, 6.45) is -0.704. The van der Waals surface area contributed by atoms with E-state index in [-0.39, 0.29) is 11.5 Å². The van der Waals surface area contributed by atoms with Gasteiger partial charge >= 0.3 is 0 Å². The number of ether oxygens (including phenoxy) is 1. The number of aromatic nitrogens is 1. The molecule has 6 nitrogen and oxygen atoms in total. The maximum atomic E-state index is 12.8. The van der Waals surface area contributed by atoms with Crippen molar-refractivity contribution < 1.29 is 14.5 Å². The Morgan fingerprint density at radius 1 is 1.17 bits per heavy atom. The zero-order valence-corrected chi connectivity index (χ0v) is 13.3. The van der Waals surface area contributed by atoms with E-state index in [9.17, 15) is 14.9 Å². The number of nitro benzene ring substituents is 1. The minimum Gasteiger partial charge on any atom is -0.483 e. The number of nitrogens with zero attached hydrogens (tertiary/aromatic N) is 1. The van der Waals surface area contributed by atoms with Crippen LogP contribution in [0, 0.1) is 17.0 Å². The Balaban J connectivity index is 1.84. The van der Waals surface area contributed by atoms with Crippen molar-refractivity contribution in [1.29, 1.82) is 0 Å². The summed E-state index contributed by atoms with van der Waals surface area (Å²) in [7, 11) is 0.